The van der Waals surface area contributed by atoms with Gasteiger partial charge < -0.3 is 5.21 Å². The van der Waals surface area contributed by atoms with Crippen molar-refractivity contribution in [2.24, 2.45) is 22.4 Å². The van der Waals surface area contributed by atoms with Crippen molar-refractivity contribution in [1.82, 2.24) is 0 Å². The Kier molecular flexibility index (Phi) is 4.18. The summed E-state index contributed by atoms with van der Waals surface area (Å²) < 4.78 is 0. The van der Waals surface area contributed by atoms with Crippen molar-refractivity contribution >= 4 is 5.71 Å². The van der Waals surface area contributed by atoms with Crippen molar-refractivity contribution in [2.45, 2.75) is 59.8 Å². The first-order chi connectivity index (χ1) is 7.00. The average Bonchev–Trinajstić information content (AvgIpc) is 2.19. The van der Waals surface area contributed by atoms with Gasteiger partial charge in [-0.3, -0.25) is 0 Å². The molecule has 1 aliphatic carbocycles. The molecule has 0 bridgehead atoms. The molecule has 0 amide bonds. The van der Waals surface area contributed by atoms with E-state index in [-0.39, 0.29) is 5.41 Å². The third kappa shape index (κ3) is 2.73. The zero-order valence-corrected chi connectivity index (χ0v) is 10.6. The van der Waals surface area contributed by atoms with Crippen LogP contribution >= 0.6 is 0 Å². The van der Waals surface area contributed by atoms with Crippen molar-refractivity contribution in [3.8, 4) is 0 Å². The first kappa shape index (κ1) is 12.5. The van der Waals surface area contributed by atoms with Crippen LogP contribution in [0.5, 0.6) is 0 Å². The largest absolute Gasteiger partial charge is 0.411 e. The van der Waals surface area contributed by atoms with E-state index in [1.165, 1.54) is 32.1 Å². The topological polar surface area (TPSA) is 32.6 Å². The van der Waals surface area contributed by atoms with Gasteiger partial charge in [-0.1, -0.05) is 52.1 Å². The lowest BCUT2D eigenvalue weighted by Gasteiger charge is -2.35. The Balaban J connectivity index is 2.78. The molecule has 1 aliphatic rings. The fourth-order valence-electron chi connectivity index (χ4n) is 2.41. The highest BCUT2D eigenvalue weighted by atomic mass is 16.4. The van der Waals surface area contributed by atoms with Gasteiger partial charge in [0.2, 0.25) is 0 Å². The summed E-state index contributed by atoms with van der Waals surface area (Å²) >= 11 is 0. The van der Waals surface area contributed by atoms with E-state index in [1.807, 2.05) is 0 Å². The van der Waals surface area contributed by atoms with E-state index >= 15 is 0 Å². The molecule has 1 saturated carbocycles. The molecule has 2 nitrogen and oxygen atoms in total. The van der Waals surface area contributed by atoms with Crippen LogP contribution in [0, 0.1) is 17.3 Å². The van der Waals surface area contributed by atoms with Crippen LogP contribution < -0.4 is 0 Å². The van der Waals surface area contributed by atoms with E-state index in [1.54, 1.807) is 0 Å². The van der Waals surface area contributed by atoms with Gasteiger partial charge in [-0.25, -0.2) is 0 Å². The highest BCUT2D eigenvalue weighted by Crippen LogP contribution is 2.36. The summed E-state index contributed by atoms with van der Waals surface area (Å²) in [5.41, 5.74) is 1.05. The van der Waals surface area contributed by atoms with E-state index in [2.05, 4.69) is 32.9 Å². The molecular weight excluding hydrogens is 186 g/mol. The summed E-state index contributed by atoms with van der Waals surface area (Å²) in [6.45, 7) is 8.80. The molecule has 0 heterocycles. The molecule has 0 radical (unpaired) electrons. The van der Waals surface area contributed by atoms with E-state index in [0.29, 0.717) is 11.8 Å². The third-order valence-corrected chi connectivity index (χ3v) is 4.20. The lowest BCUT2D eigenvalue weighted by molar-refractivity contribution is 0.271. The number of oxime groups is 1. The molecular formula is C13H25NO. The second-order valence-electron chi connectivity index (χ2n) is 5.70. The normalized spacial score (nSPS) is 21.0. The average molecular weight is 211 g/mol. The second-order valence-corrected chi connectivity index (χ2v) is 5.70. The Morgan fingerprint density at radius 3 is 2.13 bits per heavy atom. The van der Waals surface area contributed by atoms with Gasteiger partial charge in [-0.2, -0.15) is 0 Å². The van der Waals surface area contributed by atoms with Gasteiger partial charge in [0.05, 0.1) is 5.71 Å². The number of nitrogens with zero attached hydrogens (tertiary/aromatic N) is 1. The van der Waals surface area contributed by atoms with Crippen molar-refractivity contribution in [1.29, 1.82) is 0 Å². The first-order valence-electron chi connectivity index (χ1n) is 6.22. The molecule has 0 saturated heterocycles. The minimum atomic E-state index is 0.0246. The Morgan fingerprint density at radius 2 is 1.73 bits per heavy atom. The molecule has 88 valence electrons. The van der Waals surface area contributed by atoms with Crippen LogP contribution in [0.2, 0.25) is 0 Å². The van der Waals surface area contributed by atoms with Crippen LogP contribution in [0.3, 0.4) is 0 Å². The highest BCUT2D eigenvalue weighted by molar-refractivity contribution is 5.91. The molecule has 0 atom stereocenters. The maximum Gasteiger partial charge on any atom is 0.0660 e. The summed E-state index contributed by atoms with van der Waals surface area (Å²) in [6.07, 6.45) is 6.33. The third-order valence-electron chi connectivity index (χ3n) is 4.20. The van der Waals surface area contributed by atoms with E-state index < -0.39 is 0 Å². The van der Waals surface area contributed by atoms with Gasteiger partial charge in [0.1, 0.15) is 0 Å². The fraction of sp³-hybridized carbons (Fsp3) is 0.923. The minimum Gasteiger partial charge on any atom is -0.411 e. The van der Waals surface area contributed by atoms with Gasteiger partial charge in [0, 0.05) is 11.3 Å². The molecule has 0 aromatic rings. The van der Waals surface area contributed by atoms with Crippen LogP contribution in [0.15, 0.2) is 5.16 Å². The monoisotopic (exact) mass is 211 g/mol. The lowest BCUT2D eigenvalue weighted by Crippen LogP contribution is -2.36. The lowest BCUT2D eigenvalue weighted by atomic mass is 9.69. The fourth-order valence-corrected chi connectivity index (χ4v) is 2.41. The van der Waals surface area contributed by atoms with Crippen LogP contribution in [0.4, 0.5) is 0 Å². The summed E-state index contributed by atoms with van der Waals surface area (Å²) in [6, 6.07) is 0. The molecule has 1 fully saturated rings. The van der Waals surface area contributed by atoms with Gasteiger partial charge >= 0.3 is 0 Å². The zero-order chi connectivity index (χ0) is 11.5. The van der Waals surface area contributed by atoms with Gasteiger partial charge in [0.15, 0.2) is 0 Å². The van der Waals surface area contributed by atoms with Gasteiger partial charge in [-0.15, -0.1) is 0 Å². The smallest absolute Gasteiger partial charge is 0.0660 e. The predicted molar refractivity (Wildman–Crippen MR) is 64.4 cm³/mol. The molecule has 0 aromatic heterocycles. The predicted octanol–water partition coefficient (Wildman–Crippen LogP) is 4.08. The SMILES string of the molecule is CC(C)C(C)(C)/C(=N\O)C1CCCCC1. The minimum absolute atomic E-state index is 0.0246. The Hall–Kier alpha value is -0.530. The number of hydrogen-bond donors (Lipinski definition) is 1. The first-order valence-corrected chi connectivity index (χ1v) is 6.22. The van der Waals surface area contributed by atoms with Crippen molar-refractivity contribution in [3.05, 3.63) is 0 Å². The maximum absolute atomic E-state index is 9.25. The second kappa shape index (κ2) is 5.00. The molecule has 1 rings (SSSR count). The van der Waals surface area contributed by atoms with Crippen LogP contribution in [-0.2, 0) is 0 Å². The maximum atomic E-state index is 9.25. The summed E-state index contributed by atoms with van der Waals surface area (Å²) in [7, 11) is 0. The van der Waals surface area contributed by atoms with Crippen LogP contribution in [-0.4, -0.2) is 10.9 Å². The zero-order valence-electron chi connectivity index (χ0n) is 10.6. The van der Waals surface area contributed by atoms with Crippen molar-refractivity contribution in [3.63, 3.8) is 0 Å². The Bertz CT molecular complexity index is 225. The number of hydrogen-bond acceptors (Lipinski definition) is 2. The quantitative estimate of drug-likeness (QED) is 0.426. The molecule has 0 spiro atoms. The van der Waals surface area contributed by atoms with E-state index in [9.17, 15) is 5.21 Å². The van der Waals surface area contributed by atoms with Crippen LogP contribution in [0.25, 0.3) is 0 Å². The standard InChI is InChI=1S/C13H25NO/c1-10(2)13(3,4)12(14-15)11-8-6-5-7-9-11/h10-11,15H,5-9H2,1-4H3/b14-12-. The van der Waals surface area contributed by atoms with E-state index in [4.69, 9.17) is 0 Å². The summed E-state index contributed by atoms with van der Waals surface area (Å²) in [4.78, 5) is 0. The molecule has 0 aliphatic heterocycles. The molecule has 0 aromatic carbocycles. The Morgan fingerprint density at radius 1 is 1.20 bits per heavy atom. The van der Waals surface area contributed by atoms with Gasteiger partial charge in [0.25, 0.3) is 0 Å². The molecule has 2 heteroatoms. The molecule has 1 N–H and O–H groups in total. The van der Waals surface area contributed by atoms with E-state index in [0.717, 1.165) is 5.71 Å². The van der Waals surface area contributed by atoms with Crippen molar-refractivity contribution < 1.29 is 5.21 Å². The van der Waals surface area contributed by atoms with Crippen molar-refractivity contribution in [2.75, 3.05) is 0 Å². The Labute approximate surface area is 93.8 Å². The molecule has 0 unspecified atom stereocenters. The summed E-state index contributed by atoms with van der Waals surface area (Å²) in [5.74, 6) is 1.03. The van der Waals surface area contributed by atoms with Crippen LogP contribution in [0.1, 0.15) is 59.8 Å². The highest BCUT2D eigenvalue weighted by Gasteiger charge is 2.35. The number of rotatable bonds is 3. The molecule has 15 heavy (non-hydrogen) atoms. The van der Waals surface area contributed by atoms with Gasteiger partial charge in [-0.05, 0) is 18.8 Å². The summed E-state index contributed by atoms with van der Waals surface area (Å²) in [5, 5.41) is 12.9.